The van der Waals surface area contributed by atoms with Crippen LogP contribution < -0.4 is 10.6 Å². The predicted octanol–water partition coefficient (Wildman–Crippen LogP) is 3.53. The molecule has 0 spiro atoms. The van der Waals surface area contributed by atoms with Crippen molar-refractivity contribution in [1.29, 1.82) is 0 Å². The molecule has 2 N–H and O–H groups in total. The van der Waals surface area contributed by atoms with Gasteiger partial charge >= 0.3 is 6.09 Å². The summed E-state index contributed by atoms with van der Waals surface area (Å²) in [5, 5.41) is 5.51. The molecule has 0 saturated heterocycles. The summed E-state index contributed by atoms with van der Waals surface area (Å²) in [6, 6.07) is 6.13. The van der Waals surface area contributed by atoms with Crippen LogP contribution in [0.4, 0.5) is 4.79 Å². The molecule has 174 valence electrons. The summed E-state index contributed by atoms with van der Waals surface area (Å²) in [6.45, 7) is 10.6. The summed E-state index contributed by atoms with van der Waals surface area (Å²) in [4.78, 5) is 40.5. The van der Waals surface area contributed by atoms with Gasteiger partial charge in [0.15, 0.2) is 0 Å². The zero-order chi connectivity index (χ0) is 24.1. The van der Waals surface area contributed by atoms with E-state index in [2.05, 4.69) is 16.6 Å². The maximum atomic E-state index is 13.5. The number of amides is 3. The SMILES string of the molecule is C#Cc1ccccc1C(C(=O)NC(C)(C)C)N(C(=O)CNC(=O)OC(C)(C)C)C1CCC1. The number of nitrogens with one attached hydrogen (secondary N) is 2. The molecule has 0 bridgehead atoms. The van der Waals surface area contributed by atoms with E-state index in [-0.39, 0.29) is 24.4 Å². The molecule has 0 radical (unpaired) electrons. The Labute approximate surface area is 191 Å². The van der Waals surface area contributed by atoms with Crippen molar-refractivity contribution in [3.8, 4) is 12.3 Å². The Hall–Kier alpha value is -3.01. The van der Waals surface area contributed by atoms with Gasteiger partial charge in [-0.15, -0.1) is 6.42 Å². The number of nitrogens with zero attached hydrogens (tertiary/aromatic N) is 1. The maximum absolute atomic E-state index is 13.5. The van der Waals surface area contributed by atoms with Crippen LogP contribution in [0.1, 0.15) is 78.0 Å². The molecule has 0 heterocycles. The molecule has 7 nitrogen and oxygen atoms in total. The van der Waals surface area contributed by atoms with E-state index in [9.17, 15) is 14.4 Å². The van der Waals surface area contributed by atoms with Crippen LogP contribution in [0.3, 0.4) is 0 Å². The van der Waals surface area contributed by atoms with Gasteiger partial charge in [-0.05, 0) is 72.4 Å². The Bertz CT molecular complexity index is 886. The van der Waals surface area contributed by atoms with Gasteiger partial charge in [0.1, 0.15) is 18.2 Å². The van der Waals surface area contributed by atoms with Gasteiger partial charge in [-0.1, -0.05) is 24.1 Å². The molecule has 3 amide bonds. The molecule has 1 unspecified atom stereocenters. The minimum absolute atomic E-state index is 0.107. The van der Waals surface area contributed by atoms with E-state index in [0.717, 1.165) is 19.3 Å². The number of carbonyl (C=O) groups is 3. The molecule has 7 heteroatoms. The number of benzene rings is 1. The Morgan fingerprint density at radius 1 is 1.16 bits per heavy atom. The second kappa shape index (κ2) is 10.1. The van der Waals surface area contributed by atoms with Crippen LogP contribution in [0.5, 0.6) is 0 Å². The number of rotatable bonds is 6. The van der Waals surface area contributed by atoms with Crippen molar-refractivity contribution in [3.63, 3.8) is 0 Å². The zero-order valence-electron chi connectivity index (χ0n) is 20.0. The molecule has 0 aliphatic heterocycles. The van der Waals surface area contributed by atoms with Crippen LogP contribution in [0.15, 0.2) is 24.3 Å². The lowest BCUT2D eigenvalue weighted by Crippen LogP contribution is -2.55. The number of hydrogen-bond donors (Lipinski definition) is 2. The molecule has 1 fully saturated rings. The largest absolute Gasteiger partial charge is 0.444 e. The lowest BCUT2D eigenvalue weighted by Gasteiger charge is -2.43. The predicted molar refractivity (Wildman–Crippen MR) is 124 cm³/mol. The molecule has 0 aromatic heterocycles. The highest BCUT2D eigenvalue weighted by Gasteiger charge is 2.40. The monoisotopic (exact) mass is 441 g/mol. The van der Waals surface area contributed by atoms with Crippen LogP contribution in [0.2, 0.25) is 0 Å². The highest BCUT2D eigenvalue weighted by molar-refractivity contribution is 5.91. The quantitative estimate of drug-likeness (QED) is 0.661. The van der Waals surface area contributed by atoms with Crippen molar-refractivity contribution in [1.82, 2.24) is 15.5 Å². The summed E-state index contributed by atoms with van der Waals surface area (Å²) >= 11 is 0. The van der Waals surface area contributed by atoms with E-state index in [1.54, 1.807) is 49.9 Å². The van der Waals surface area contributed by atoms with Crippen LogP contribution in [0, 0.1) is 12.3 Å². The van der Waals surface area contributed by atoms with Crippen molar-refractivity contribution in [2.24, 2.45) is 0 Å². The summed E-state index contributed by atoms with van der Waals surface area (Å²) in [6.07, 6.45) is 7.58. The number of carbonyl (C=O) groups excluding carboxylic acids is 3. The van der Waals surface area contributed by atoms with E-state index in [1.807, 2.05) is 20.8 Å². The first-order chi connectivity index (χ1) is 14.8. The van der Waals surface area contributed by atoms with E-state index in [0.29, 0.717) is 11.1 Å². The van der Waals surface area contributed by atoms with Gasteiger partial charge < -0.3 is 20.3 Å². The van der Waals surface area contributed by atoms with Gasteiger partial charge in [0.25, 0.3) is 0 Å². The van der Waals surface area contributed by atoms with Crippen molar-refractivity contribution in [2.75, 3.05) is 6.54 Å². The van der Waals surface area contributed by atoms with E-state index in [4.69, 9.17) is 11.2 Å². The first-order valence-electron chi connectivity index (χ1n) is 11.0. The van der Waals surface area contributed by atoms with Gasteiger partial charge in [0.05, 0.1) is 0 Å². The zero-order valence-corrected chi connectivity index (χ0v) is 20.0. The highest BCUT2D eigenvalue weighted by Crippen LogP contribution is 2.34. The van der Waals surface area contributed by atoms with Gasteiger partial charge in [-0.2, -0.15) is 0 Å². The number of terminal acetylenes is 1. The molecule has 2 rings (SSSR count). The Morgan fingerprint density at radius 2 is 1.78 bits per heavy atom. The molecular formula is C25H35N3O4. The molecule has 1 aromatic rings. The topological polar surface area (TPSA) is 87.7 Å². The summed E-state index contributed by atoms with van der Waals surface area (Å²) in [5.41, 5.74) is -0.0291. The molecule has 1 aliphatic carbocycles. The molecule has 1 atom stereocenters. The fourth-order valence-electron chi connectivity index (χ4n) is 3.50. The third-order valence-electron chi connectivity index (χ3n) is 4.97. The first-order valence-corrected chi connectivity index (χ1v) is 11.0. The van der Waals surface area contributed by atoms with Crippen LogP contribution in [-0.2, 0) is 14.3 Å². The van der Waals surface area contributed by atoms with Crippen LogP contribution in [-0.4, -0.2) is 46.5 Å². The van der Waals surface area contributed by atoms with E-state index < -0.39 is 23.3 Å². The van der Waals surface area contributed by atoms with Crippen LogP contribution in [0.25, 0.3) is 0 Å². The fourth-order valence-corrected chi connectivity index (χ4v) is 3.50. The van der Waals surface area contributed by atoms with Crippen LogP contribution >= 0.6 is 0 Å². The van der Waals surface area contributed by atoms with Crippen molar-refractivity contribution in [3.05, 3.63) is 35.4 Å². The smallest absolute Gasteiger partial charge is 0.408 e. The van der Waals surface area contributed by atoms with Crippen molar-refractivity contribution >= 4 is 17.9 Å². The summed E-state index contributed by atoms with van der Waals surface area (Å²) < 4.78 is 5.24. The molecule has 1 saturated carbocycles. The average molecular weight is 442 g/mol. The second-order valence-electron chi connectivity index (χ2n) is 10.1. The lowest BCUT2D eigenvalue weighted by molar-refractivity contribution is -0.145. The third kappa shape index (κ3) is 7.01. The normalized spacial score (nSPS) is 15.0. The maximum Gasteiger partial charge on any atom is 0.408 e. The minimum Gasteiger partial charge on any atom is -0.444 e. The summed E-state index contributed by atoms with van der Waals surface area (Å²) in [7, 11) is 0. The second-order valence-corrected chi connectivity index (χ2v) is 10.1. The number of ether oxygens (including phenoxy) is 1. The molecule has 1 aliphatic rings. The van der Waals surface area contributed by atoms with E-state index in [1.165, 1.54) is 0 Å². The van der Waals surface area contributed by atoms with Crippen molar-refractivity contribution < 1.29 is 19.1 Å². The molecule has 1 aromatic carbocycles. The highest BCUT2D eigenvalue weighted by atomic mass is 16.6. The first kappa shape index (κ1) is 25.3. The average Bonchev–Trinajstić information content (AvgIpc) is 2.61. The Balaban J connectivity index is 2.39. The third-order valence-corrected chi connectivity index (χ3v) is 4.97. The fraction of sp³-hybridized carbons (Fsp3) is 0.560. The number of alkyl carbamates (subject to hydrolysis) is 1. The Kier molecular flexibility index (Phi) is 7.95. The Morgan fingerprint density at radius 3 is 2.28 bits per heavy atom. The standard InChI is InChI=1S/C25H35N3O4/c1-8-17-12-9-10-15-19(17)21(22(30)27-24(2,3)4)28(18-13-11-14-18)20(29)16-26-23(31)32-25(5,6)7/h1,9-10,12,15,18,21H,11,13-14,16H2,2-7H3,(H,26,31)(H,27,30). The molecular weight excluding hydrogens is 406 g/mol. The number of hydrogen-bond acceptors (Lipinski definition) is 4. The van der Waals surface area contributed by atoms with Crippen molar-refractivity contribution in [2.45, 2.75) is 84.0 Å². The van der Waals surface area contributed by atoms with Gasteiger partial charge in [-0.3, -0.25) is 9.59 Å². The van der Waals surface area contributed by atoms with Gasteiger partial charge in [0.2, 0.25) is 11.8 Å². The van der Waals surface area contributed by atoms with Gasteiger partial charge in [-0.25, -0.2) is 4.79 Å². The lowest BCUT2D eigenvalue weighted by atomic mass is 9.87. The molecule has 32 heavy (non-hydrogen) atoms. The van der Waals surface area contributed by atoms with Gasteiger partial charge in [0, 0.05) is 17.1 Å². The summed E-state index contributed by atoms with van der Waals surface area (Å²) in [5.74, 6) is 1.96. The minimum atomic E-state index is -0.903. The van der Waals surface area contributed by atoms with E-state index >= 15 is 0 Å².